The monoisotopic (exact) mass is 790 g/mol. The summed E-state index contributed by atoms with van der Waals surface area (Å²) in [6, 6.07) is 2.94. The van der Waals surface area contributed by atoms with Crippen molar-refractivity contribution in [1.29, 1.82) is 0 Å². The van der Waals surface area contributed by atoms with Crippen molar-refractivity contribution in [2.45, 2.75) is 109 Å². The Kier molecular flexibility index (Phi) is 12.0. The highest BCUT2D eigenvalue weighted by atomic mass is 16.5. The van der Waals surface area contributed by atoms with Gasteiger partial charge in [0.2, 0.25) is 11.8 Å². The zero-order chi connectivity index (χ0) is 41.2. The molecule has 0 radical (unpaired) electrons. The highest BCUT2D eigenvalue weighted by Crippen LogP contribution is 2.54. The second kappa shape index (κ2) is 17.1. The third kappa shape index (κ3) is 7.95. The Hall–Kier alpha value is -5.60. The average molecular weight is 791 g/mol. The predicted molar refractivity (Wildman–Crippen MR) is 217 cm³/mol. The van der Waals surface area contributed by atoms with Crippen LogP contribution in [0.15, 0.2) is 35.1 Å². The van der Waals surface area contributed by atoms with Gasteiger partial charge in [-0.3, -0.25) is 19.5 Å². The summed E-state index contributed by atoms with van der Waals surface area (Å²) in [7, 11) is 4.76. The number of carbonyl (C=O) groups excluding carboxylic acids is 4. The van der Waals surface area contributed by atoms with E-state index < -0.39 is 24.3 Å². The molecule has 3 fully saturated rings. The number of allylic oxidation sites excluding steroid dienone is 1. The summed E-state index contributed by atoms with van der Waals surface area (Å²) in [5.74, 6) is 13.9. The first-order chi connectivity index (χ1) is 27.9. The van der Waals surface area contributed by atoms with Crippen LogP contribution in [-0.2, 0) is 19.1 Å². The van der Waals surface area contributed by atoms with E-state index >= 15 is 0 Å². The molecule has 7 rings (SSSR count). The fraction of sp³-hybridized carbons (Fsp3) is 0.545. The molecule has 5 aliphatic heterocycles. The quantitative estimate of drug-likeness (QED) is 0.311. The maximum Gasteiger partial charge on any atom is 0.407 e. The fourth-order valence-corrected chi connectivity index (χ4v) is 9.24. The molecule has 0 spiro atoms. The van der Waals surface area contributed by atoms with Crippen LogP contribution in [0.3, 0.4) is 0 Å². The van der Waals surface area contributed by atoms with Gasteiger partial charge in [0.05, 0.1) is 32.5 Å². The number of carbonyl (C=O) groups is 4. The molecule has 2 unspecified atom stereocenters. The third-order valence-corrected chi connectivity index (χ3v) is 12.2. The van der Waals surface area contributed by atoms with E-state index in [0.29, 0.717) is 31.0 Å². The van der Waals surface area contributed by atoms with Crippen LogP contribution in [0.2, 0.25) is 0 Å². The molecular formula is C44H54N8O6. The number of amides is 4. The van der Waals surface area contributed by atoms with Crippen molar-refractivity contribution in [3.05, 3.63) is 63.9 Å². The summed E-state index contributed by atoms with van der Waals surface area (Å²) < 4.78 is 9.55. The van der Waals surface area contributed by atoms with Gasteiger partial charge < -0.3 is 34.9 Å². The standard InChI is InChI=1S/C44H54N8O6/c1-25(2)38(48-43(55)57-6)41(53)51-20-8-10-32(51)31-22-27(23-45-31)12-13-28-14-15-29(37-34-19-18-33(36(28)37)50(34)5)16-17-30-24-46-40(47-30)35-11-9-21-52(35)42(54)39(26(3)4)49-44(56)58-7/h14-15,23-26,32-35,38-39H,8-11,18-22H2,1-7H3,(H,46,47)(H,48,55)(H,49,56)/t32-,33?,34?,35-,38-,39-/m0/s1. The van der Waals surface area contributed by atoms with E-state index in [2.05, 4.69) is 68.4 Å². The zero-order valence-corrected chi connectivity index (χ0v) is 34.5. The molecule has 3 N–H and O–H groups in total. The fourth-order valence-electron chi connectivity index (χ4n) is 9.24. The van der Waals surface area contributed by atoms with Crippen LogP contribution in [0.5, 0.6) is 0 Å². The largest absolute Gasteiger partial charge is 0.453 e. The summed E-state index contributed by atoms with van der Waals surface area (Å²) in [5.41, 5.74) is 6.96. The summed E-state index contributed by atoms with van der Waals surface area (Å²) in [6.45, 7) is 8.82. The number of likely N-dealkylation sites (tertiary alicyclic amines) is 2. The molecule has 6 atom stereocenters. The van der Waals surface area contributed by atoms with Crippen LogP contribution in [-0.4, -0.2) is 107 Å². The maximum absolute atomic E-state index is 13.6. The van der Waals surface area contributed by atoms with Gasteiger partial charge in [-0.15, -0.1) is 0 Å². The molecule has 58 heavy (non-hydrogen) atoms. The Morgan fingerprint density at radius 3 is 1.84 bits per heavy atom. The molecule has 1 aromatic carbocycles. The predicted octanol–water partition coefficient (Wildman–Crippen LogP) is 5.13. The van der Waals surface area contributed by atoms with E-state index in [0.717, 1.165) is 60.9 Å². The number of fused-ring (bicyclic) bond motifs is 5. The van der Waals surface area contributed by atoms with E-state index in [9.17, 15) is 19.2 Å². The van der Waals surface area contributed by atoms with Crippen molar-refractivity contribution in [3.8, 4) is 23.7 Å². The van der Waals surface area contributed by atoms with E-state index in [-0.39, 0.29) is 47.8 Å². The van der Waals surface area contributed by atoms with Gasteiger partial charge in [-0.25, -0.2) is 14.6 Å². The van der Waals surface area contributed by atoms with Crippen LogP contribution in [0.1, 0.15) is 125 Å². The number of nitrogens with zero attached hydrogens (tertiary/aromatic N) is 5. The minimum atomic E-state index is -0.701. The number of aromatic amines is 1. The molecule has 6 heterocycles. The van der Waals surface area contributed by atoms with Gasteiger partial charge in [-0.1, -0.05) is 45.5 Å². The Morgan fingerprint density at radius 1 is 0.759 bits per heavy atom. The number of nitrogens with one attached hydrogen (secondary N) is 3. The molecule has 306 valence electrons. The van der Waals surface area contributed by atoms with Gasteiger partial charge >= 0.3 is 12.2 Å². The topological polar surface area (TPSA) is 162 Å². The summed E-state index contributed by atoms with van der Waals surface area (Å²) in [4.78, 5) is 70.1. The molecule has 2 aromatic rings. The lowest BCUT2D eigenvalue weighted by Gasteiger charge is -2.31. The smallest absolute Gasteiger partial charge is 0.407 e. The highest BCUT2D eigenvalue weighted by molar-refractivity contribution is 5.98. The number of hydrogen-bond donors (Lipinski definition) is 3. The molecule has 0 aliphatic carbocycles. The number of benzene rings is 1. The van der Waals surface area contributed by atoms with Gasteiger partial charge in [-0.2, -0.15) is 0 Å². The SMILES string of the molecule is COC(=O)N[C@H](C(=O)N1CCC[C@H]1C1=NC=C(C#Cc2ccc(C#Cc3cnc([C@@H]4CCCN4C(=O)[C@@H](NC(=O)OC)C(C)C)[nH]3)c3c2C2CCC3N2C)C1)C(C)C. The highest BCUT2D eigenvalue weighted by Gasteiger charge is 2.44. The maximum atomic E-state index is 13.6. The first-order valence-electron chi connectivity index (χ1n) is 20.4. The van der Waals surface area contributed by atoms with Crippen molar-refractivity contribution in [2.24, 2.45) is 16.8 Å². The molecule has 0 saturated carbocycles. The van der Waals surface area contributed by atoms with Crippen LogP contribution >= 0.6 is 0 Å². The van der Waals surface area contributed by atoms with Crippen molar-refractivity contribution in [1.82, 2.24) is 35.3 Å². The summed E-state index contributed by atoms with van der Waals surface area (Å²) >= 11 is 0. The van der Waals surface area contributed by atoms with Crippen LogP contribution in [0.25, 0.3) is 0 Å². The van der Waals surface area contributed by atoms with Crippen LogP contribution < -0.4 is 10.6 Å². The van der Waals surface area contributed by atoms with Crippen LogP contribution in [0.4, 0.5) is 9.59 Å². The molecule has 5 aliphatic rings. The van der Waals surface area contributed by atoms with E-state index in [4.69, 9.17) is 14.5 Å². The third-order valence-electron chi connectivity index (χ3n) is 12.2. The number of H-pyrrole nitrogens is 1. The molecule has 14 heteroatoms. The number of alkyl carbamates (subject to hydrolysis) is 2. The van der Waals surface area contributed by atoms with Crippen molar-refractivity contribution >= 4 is 29.7 Å². The van der Waals surface area contributed by atoms with Crippen molar-refractivity contribution < 1.29 is 28.7 Å². The Bertz CT molecular complexity index is 2150. The van der Waals surface area contributed by atoms with E-state index in [1.54, 1.807) is 11.1 Å². The lowest BCUT2D eigenvalue weighted by molar-refractivity contribution is -0.135. The lowest BCUT2D eigenvalue weighted by atomic mass is 9.85. The van der Waals surface area contributed by atoms with Crippen LogP contribution in [0, 0.1) is 35.5 Å². The average Bonchev–Trinajstić information content (AvgIpc) is 4.08. The van der Waals surface area contributed by atoms with Gasteiger partial charge in [-0.05, 0) is 86.6 Å². The zero-order valence-electron chi connectivity index (χ0n) is 34.5. The molecule has 14 nitrogen and oxygen atoms in total. The molecule has 2 bridgehead atoms. The number of imidazole rings is 1. The number of ether oxygens (including phenoxy) is 2. The minimum Gasteiger partial charge on any atom is -0.453 e. The van der Waals surface area contributed by atoms with Gasteiger partial charge in [0.1, 0.15) is 23.6 Å². The van der Waals surface area contributed by atoms with E-state index in [1.807, 2.05) is 38.8 Å². The van der Waals surface area contributed by atoms with Gasteiger partial charge in [0, 0.05) is 60.2 Å². The number of hydrogen-bond acceptors (Lipinski definition) is 9. The molecule has 1 aromatic heterocycles. The number of rotatable bonds is 8. The summed E-state index contributed by atoms with van der Waals surface area (Å²) in [5, 5.41) is 5.41. The number of aromatic nitrogens is 2. The van der Waals surface area contributed by atoms with Gasteiger partial charge in [0.15, 0.2) is 0 Å². The molecule has 3 saturated heterocycles. The molecular weight excluding hydrogens is 737 g/mol. The van der Waals surface area contributed by atoms with E-state index in [1.165, 1.54) is 25.3 Å². The number of aliphatic imine (C=N–C) groups is 1. The second-order valence-electron chi connectivity index (χ2n) is 16.5. The first-order valence-corrected chi connectivity index (χ1v) is 20.4. The van der Waals surface area contributed by atoms with Gasteiger partial charge in [0.25, 0.3) is 0 Å². The number of methoxy groups -OCH3 is 2. The summed E-state index contributed by atoms with van der Waals surface area (Å²) in [6.07, 6.45) is 8.30. The Balaban J connectivity index is 1.06. The first kappa shape index (κ1) is 40.6. The normalized spacial score (nSPS) is 23.1. The molecule has 4 amide bonds. The second-order valence-corrected chi connectivity index (χ2v) is 16.5. The lowest BCUT2D eigenvalue weighted by Crippen LogP contribution is -2.53. The van der Waals surface area contributed by atoms with Crippen molar-refractivity contribution in [3.63, 3.8) is 0 Å². The minimum absolute atomic E-state index is 0.0980. The Morgan fingerprint density at radius 2 is 1.29 bits per heavy atom. The van der Waals surface area contributed by atoms with Crippen molar-refractivity contribution in [2.75, 3.05) is 34.4 Å². The Labute approximate surface area is 340 Å².